The highest BCUT2D eigenvalue weighted by Crippen LogP contribution is 2.40. The van der Waals surface area contributed by atoms with E-state index in [0.717, 1.165) is 11.6 Å². The second-order valence-electron chi connectivity index (χ2n) is 6.17. The number of aliphatic hydroxyl groups excluding tert-OH is 1. The largest absolute Gasteiger partial charge is 0.472 e. The normalized spacial score (nSPS) is 20.9. The number of benzene rings is 1. The Bertz CT molecular complexity index is 727. The Morgan fingerprint density at radius 2 is 2.04 bits per heavy atom. The van der Waals surface area contributed by atoms with E-state index in [2.05, 4.69) is 0 Å². The van der Waals surface area contributed by atoms with E-state index in [9.17, 15) is 23.1 Å². The van der Waals surface area contributed by atoms with E-state index in [1.807, 2.05) is 0 Å². The van der Waals surface area contributed by atoms with E-state index >= 15 is 0 Å². The topological polar surface area (TPSA) is 53.7 Å². The van der Waals surface area contributed by atoms with Crippen LogP contribution in [0.25, 0.3) is 0 Å². The second kappa shape index (κ2) is 6.92. The summed E-state index contributed by atoms with van der Waals surface area (Å²) in [5.74, 6) is -0.278. The third-order valence-electron chi connectivity index (χ3n) is 4.43. The van der Waals surface area contributed by atoms with Gasteiger partial charge < -0.3 is 14.4 Å². The number of alkyl halides is 3. The highest BCUT2D eigenvalue weighted by molar-refractivity contribution is 5.77. The maximum Gasteiger partial charge on any atom is 0.416 e. The number of hydrogen-bond acceptors (Lipinski definition) is 3. The molecule has 0 spiro atoms. The average molecular weight is 353 g/mol. The van der Waals surface area contributed by atoms with E-state index in [4.69, 9.17) is 4.42 Å². The lowest BCUT2D eigenvalue weighted by Crippen LogP contribution is -2.32. The smallest absolute Gasteiger partial charge is 0.416 e. The lowest BCUT2D eigenvalue weighted by molar-refractivity contribution is -0.140. The minimum atomic E-state index is -4.50. The van der Waals surface area contributed by atoms with Crippen molar-refractivity contribution in [2.45, 2.75) is 37.6 Å². The summed E-state index contributed by atoms with van der Waals surface area (Å²) in [4.78, 5) is 13.9. The monoisotopic (exact) mass is 353 g/mol. The van der Waals surface area contributed by atoms with Gasteiger partial charge >= 0.3 is 6.18 Å². The molecule has 4 nitrogen and oxygen atoms in total. The van der Waals surface area contributed by atoms with Gasteiger partial charge in [0.2, 0.25) is 5.91 Å². The standard InChI is InChI=1S/C18H18F3NO3/c19-18(20,21)15-4-2-1-3-14(15)16-9-13(23)10-22(16)17(24)6-5-12-7-8-25-11-12/h1-4,7-8,11,13,16,23H,5-6,9-10H2/t13-,16-/m1/s1. The summed E-state index contributed by atoms with van der Waals surface area (Å²) in [6, 6.07) is 6.19. The van der Waals surface area contributed by atoms with E-state index in [1.165, 1.54) is 35.6 Å². The number of hydrogen-bond donors (Lipinski definition) is 1. The molecule has 0 unspecified atom stereocenters. The fourth-order valence-corrected chi connectivity index (χ4v) is 3.26. The van der Waals surface area contributed by atoms with E-state index in [1.54, 1.807) is 6.07 Å². The zero-order valence-electron chi connectivity index (χ0n) is 13.4. The van der Waals surface area contributed by atoms with Crippen LogP contribution in [-0.4, -0.2) is 28.6 Å². The molecule has 0 aliphatic carbocycles. The Labute approximate surface area is 142 Å². The Morgan fingerprint density at radius 1 is 1.28 bits per heavy atom. The molecule has 2 heterocycles. The second-order valence-corrected chi connectivity index (χ2v) is 6.17. The summed E-state index contributed by atoms with van der Waals surface area (Å²) in [5, 5.41) is 9.94. The molecule has 1 aromatic carbocycles. The predicted octanol–water partition coefficient (Wildman–Crippen LogP) is 3.57. The third kappa shape index (κ3) is 3.87. The van der Waals surface area contributed by atoms with Crippen molar-refractivity contribution in [3.05, 3.63) is 59.5 Å². The number of amides is 1. The number of nitrogens with zero attached hydrogens (tertiary/aromatic N) is 1. The first-order valence-electron chi connectivity index (χ1n) is 8.01. The van der Waals surface area contributed by atoms with Crippen LogP contribution >= 0.6 is 0 Å². The van der Waals surface area contributed by atoms with Gasteiger partial charge in [-0.05, 0) is 36.1 Å². The molecule has 1 N–H and O–H groups in total. The number of aliphatic hydroxyl groups is 1. The van der Waals surface area contributed by atoms with Gasteiger partial charge in [0.15, 0.2) is 0 Å². The lowest BCUT2D eigenvalue weighted by Gasteiger charge is -2.27. The maximum atomic E-state index is 13.3. The zero-order chi connectivity index (χ0) is 18.0. The third-order valence-corrected chi connectivity index (χ3v) is 4.43. The zero-order valence-corrected chi connectivity index (χ0v) is 13.4. The fraction of sp³-hybridized carbons (Fsp3) is 0.389. The Hall–Kier alpha value is -2.28. The molecule has 0 saturated carbocycles. The van der Waals surface area contributed by atoms with Crippen LogP contribution in [0.1, 0.15) is 35.6 Å². The summed E-state index contributed by atoms with van der Waals surface area (Å²) in [6.07, 6.45) is -1.61. The minimum absolute atomic E-state index is 0.0308. The molecule has 2 atom stereocenters. The first-order valence-corrected chi connectivity index (χ1v) is 8.01. The minimum Gasteiger partial charge on any atom is -0.472 e. The van der Waals surface area contributed by atoms with Crippen LogP contribution in [0.2, 0.25) is 0 Å². The van der Waals surface area contributed by atoms with Gasteiger partial charge in [-0.25, -0.2) is 0 Å². The number of carbonyl (C=O) groups is 1. The lowest BCUT2D eigenvalue weighted by atomic mass is 9.97. The number of likely N-dealkylation sites (tertiary alicyclic amines) is 1. The molecule has 3 rings (SSSR count). The summed E-state index contributed by atoms with van der Waals surface area (Å²) >= 11 is 0. The predicted molar refractivity (Wildman–Crippen MR) is 83.6 cm³/mol. The molecule has 0 radical (unpaired) electrons. The molecule has 1 saturated heterocycles. The molecule has 1 aliphatic heterocycles. The molecule has 7 heteroatoms. The highest BCUT2D eigenvalue weighted by atomic mass is 19.4. The number of β-amino-alcohol motifs (C(OH)–C–C–N with tert-alkyl or cyclic N) is 1. The van der Waals surface area contributed by atoms with Gasteiger partial charge in [0, 0.05) is 13.0 Å². The Balaban J connectivity index is 1.81. The fourth-order valence-electron chi connectivity index (χ4n) is 3.26. The SMILES string of the molecule is O=C(CCc1ccoc1)N1C[C@H](O)C[C@@H]1c1ccccc1C(F)(F)F. The molecule has 134 valence electrons. The van der Waals surface area contributed by atoms with E-state index in [0.29, 0.717) is 6.42 Å². The van der Waals surface area contributed by atoms with Crippen molar-refractivity contribution in [1.82, 2.24) is 4.90 Å². The molecule has 1 amide bonds. The summed E-state index contributed by atoms with van der Waals surface area (Å²) in [5.41, 5.74) is 0.116. The Morgan fingerprint density at radius 3 is 2.72 bits per heavy atom. The molecule has 1 aliphatic rings. The van der Waals surface area contributed by atoms with Crippen LogP contribution in [0, 0.1) is 0 Å². The van der Waals surface area contributed by atoms with Crippen LogP contribution in [-0.2, 0) is 17.4 Å². The number of carbonyl (C=O) groups excluding carboxylic acids is 1. The molecule has 1 fully saturated rings. The highest BCUT2D eigenvalue weighted by Gasteiger charge is 2.41. The van der Waals surface area contributed by atoms with Crippen molar-refractivity contribution in [1.29, 1.82) is 0 Å². The average Bonchev–Trinajstić information content (AvgIpc) is 3.21. The molecule has 2 aromatic rings. The van der Waals surface area contributed by atoms with Crippen LogP contribution < -0.4 is 0 Å². The summed E-state index contributed by atoms with van der Waals surface area (Å²) < 4.78 is 44.8. The van der Waals surface area contributed by atoms with Crippen LogP contribution in [0.5, 0.6) is 0 Å². The van der Waals surface area contributed by atoms with Gasteiger partial charge in [-0.3, -0.25) is 4.79 Å². The van der Waals surface area contributed by atoms with Crippen LogP contribution in [0.3, 0.4) is 0 Å². The number of halogens is 3. The van der Waals surface area contributed by atoms with Crippen molar-refractivity contribution in [2.24, 2.45) is 0 Å². The van der Waals surface area contributed by atoms with Crippen molar-refractivity contribution < 1.29 is 27.5 Å². The van der Waals surface area contributed by atoms with Crippen molar-refractivity contribution in [2.75, 3.05) is 6.54 Å². The van der Waals surface area contributed by atoms with E-state index < -0.39 is 23.9 Å². The number of rotatable bonds is 4. The Kier molecular flexibility index (Phi) is 4.85. The summed E-state index contributed by atoms with van der Waals surface area (Å²) in [6.45, 7) is 0.0427. The van der Waals surface area contributed by atoms with Crippen LogP contribution in [0.4, 0.5) is 13.2 Å². The maximum absolute atomic E-state index is 13.3. The molecular weight excluding hydrogens is 335 g/mol. The first-order chi connectivity index (χ1) is 11.9. The quantitative estimate of drug-likeness (QED) is 0.914. The molecule has 25 heavy (non-hydrogen) atoms. The first kappa shape index (κ1) is 17.5. The molecule has 0 bridgehead atoms. The summed E-state index contributed by atoms with van der Waals surface area (Å²) in [7, 11) is 0. The molecule has 1 aromatic heterocycles. The van der Waals surface area contributed by atoms with Gasteiger partial charge in [-0.2, -0.15) is 13.2 Å². The molecular formula is C18H18F3NO3. The van der Waals surface area contributed by atoms with E-state index in [-0.39, 0.29) is 30.9 Å². The van der Waals surface area contributed by atoms with Crippen molar-refractivity contribution in [3.8, 4) is 0 Å². The number of aryl methyl sites for hydroxylation is 1. The van der Waals surface area contributed by atoms with Gasteiger partial charge in [-0.15, -0.1) is 0 Å². The van der Waals surface area contributed by atoms with Crippen molar-refractivity contribution in [3.63, 3.8) is 0 Å². The van der Waals surface area contributed by atoms with Gasteiger partial charge in [0.1, 0.15) is 0 Å². The van der Waals surface area contributed by atoms with Gasteiger partial charge in [0.05, 0.1) is 30.2 Å². The van der Waals surface area contributed by atoms with Gasteiger partial charge in [0.25, 0.3) is 0 Å². The van der Waals surface area contributed by atoms with Crippen LogP contribution in [0.15, 0.2) is 47.3 Å². The van der Waals surface area contributed by atoms with Crippen molar-refractivity contribution >= 4 is 5.91 Å². The number of furan rings is 1. The van der Waals surface area contributed by atoms with Gasteiger partial charge in [-0.1, -0.05) is 18.2 Å².